The van der Waals surface area contributed by atoms with Crippen LogP contribution in [0.25, 0.3) is 21.9 Å². The van der Waals surface area contributed by atoms with E-state index in [0.29, 0.717) is 22.3 Å². The summed E-state index contributed by atoms with van der Waals surface area (Å²) < 4.78 is 21.8. The van der Waals surface area contributed by atoms with Gasteiger partial charge in [-0.15, -0.1) is 0 Å². The van der Waals surface area contributed by atoms with E-state index in [9.17, 15) is 14.4 Å². The summed E-state index contributed by atoms with van der Waals surface area (Å²) in [5, 5.41) is 0.484. The van der Waals surface area contributed by atoms with Crippen LogP contribution in [0.5, 0.6) is 11.5 Å². The van der Waals surface area contributed by atoms with Gasteiger partial charge in [0.1, 0.15) is 34.0 Å². The Labute approximate surface area is 173 Å². The monoisotopic (exact) mass is 424 g/mol. The van der Waals surface area contributed by atoms with E-state index >= 15 is 0 Å². The van der Waals surface area contributed by atoms with Crippen molar-refractivity contribution in [2.24, 2.45) is 0 Å². The van der Waals surface area contributed by atoms with Crippen LogP contribution in [0.15, 0.2) is 61.3 Å². The van der Waals surface area contributed by atoms with Gasteiger partial charge < -0.3 is 18.3 Å². The van der Waals surface area contributed by atoms with Gasteiger partial charge in [-0.25, -0.2) is 0 Å². The Morgan fingerprint density at radius 1 is 1.00 bits per heavy atom. The highest BCUT2D eigenvalue weighted by atomic mass is 35.5. The third kappa shape index (κ3) is 2.70. The van der Waals surface area contributed by atoms with Crippen LogP contribution in [-0.4, -0.2) is 13.1 Å². The summed E-state index contributed by atoms with van der Waals surface area (Å²) in [6.07, 6.45) is 2.35. The van der Waals surface area contributed by atoms with Crippen LogP contribution < -0.4 is 20.3 Å². The summed E-state index contributed by atoms with van der Waals surface area (Å²) in [5.74, 6) is -0.504. The first-order chi connectivity index (χ1) is 14.5. The van der Waals surface area contributed by atoms with E-state index in [1.165, 1.54) is 25.5 Å². The van der Waals surface area contributed by atoms with Crippen molar-refractivity contribution in [1.82, 2.24) is 0 Å². The zero-order valence-corrected chi connectivity index (χ0v) is 16.3. The van der Waals surface area contributed by atoms with Gasteiger partial charge in [-0.1, -0.05) is 11.6 Å². The molecule has 0 spiro atoms. The Balaban J connectivity index is 1.81. The van der Waals surface area contributed by atoms with Crippen molar-refractivity contribution in [3.63, 3.8) is 0 Å². The molecule has 2 aromatic heterocycles. The lowest BCUT2D eigenvalue weighted by atomic mass is 9.85. The molecule has 150 valence electrons. The molecule has 1 aliphatic rings. The number of carbonyl (C=O) groups is 1. The smallest absolute Gasteiger partial charge is 0.312 e. The van der Waals surface area contributed by atoms with Crippen molar-refractivity contribution in [3.8, 4) is 11.5 Å². The van der Waals surface area contributed by atoms with E-state index in [1.54, 1.807) is 18.2 Å². The molecule has 3 heterocycles. The van der Waals surface area contributed by atoms with E-state index in [1.807, 2.05) is 0 Å². The second-order valence-electron chi connectivity index (χ2n) is 6.88. The van der Waals surface area contributed by atoms with Gasteiger partial charge in [0.2, 0.25) is 5.43 Å². The van der Waals surface area contributed by atoms with Gasteiger partial charge in [-0.2, -0.15) is 0 Å². The Hall–Kier alpha value is -3.58. The molecule has 1 atom stereocenters. The number of hydrogen-bond acceptors (Lipinski definition) is 7. The predicted molar refractivity (Wildman–Crippen MR) is 109 cm³/mol. The zero-order valence-electron chi connectivity index (χ0n) is 15.6. The molecule has 0 radical (unpaired) electrons. The normalized spacial score (nSPS) is 15.8. The molecule has 0 unspecified atom stereocenters. The number of benzene rings is 2. The van der Waals surface area contributed by atoms with E-state index in [4.69, 9.17) is 29.9 Å². The van der Waals surface area contributed by atoms with Crippen LogP contribution >= 0.6 is 11.6 Å². The SMILES string of the molecule is COc1ccc2occ([C@H]3CC(=O)Oc4ccc5c(=O)c(Cl)coc5c43)c(=O)c2c1. The molecule has 1 aliphatic heterocycles. The molecule has 0 aliphatic carbocycles. The average Bonchev–Trinajstić information content (AvgIpc) is 2.75. The number of esters is 1. The van der Waals surface area contributed by atoms with Crippen molar-refractivity contribution in [2.75, 3.05) is 7.11 Å². The third-order valence-corrected chi connectivity index (χ3v) is 5.48. The largest absolute Gasteiger partial charge is 0.497 e. The summed E-state index contributed by atoms with van der Waals surface area (Å²) in [6.45, 7) is 0. The minimum Gasteiger partial charge on any atom is -0.497 e. The highest BCUT2D eigenvalue weighted by Crippen LogP contribution is 2.42. The minimum atomic E-state index is -0.721. The number of methoxy groups -OCH3 is 1. The van der Waals surface area contributed by atoms with Crippen LogP contribution in [-0.2, 0) is 4.79 Å². The van der Waals surface area contributed by atoms with E-state index in [-0.39, 0.29) is 39.2 Å². The molecule has 0 saturated heterocycles. The second kappa shape index (κ2) is 6.74. The lowest BCUT2D eigenvalue weighted by Gasteiger charge is -2.24. The Morgan fingerprint density at radius 3 is 2.63 bits per heavy atom. The standard InChI is InChI=1S/C22H13ClO7/c1-27-10-2-4-16-13(6-10)20(25)14(8-28-16)12-7-18(24)30-17-5-3-11-21(26)15(23)9-29-22(11)19(12)17/h2-6,8-9,12H,7H2,1H3/t12-/m1/s1. The lowest BCUT2D eigenvalue weighted by molar-refractivity contribution is -0.135. The van der Waals surface area contributed by atoms with Gasteiger partial charge in [0, 0.05) is 17.0 Å². The maximum Gasteiger partial charge on any atom is 0.312 e. The second-order valence-corrected chi connectivity index (χ2v) is 7.29. The first-order valence-electron chi connectivity index (χ1n) is 9.02. The fourth-order valence-electron chi connectivity index (χ4n) is 3.79. The summed E-state index contributed by atoms with van der Waals surface area (Å²) >= 11 is 5.90. The summed E-state index contributed by atoms with van der Waals surface area (Å²) in [5.41, 5.74) is 0.554. The first-order valence-corrected chi connectivity index (χ1v) is 9.39. The molecular weight excluding hydrogens is 412 g/mol. The van der Waals surface area contributed by atoms with E-state index < -0.39 is 17.3 Å². The molecule has 7 nitrogen and oxygen atoms in total. The maximum absolute atomic E-state index is 13.3. The fraction of sp³-hybridized carbons (Fsp3) is 0.136. The number of carbonyl (C=O) groups excluding carboxylic acids is 1. The predicted octanol–water partition coefficient (Wildman–Crippen LogP) is 4.00. The quantitative estimate of drug-likeness (QED) is 0.354. The minimum absolute atomic E-state index is 0.0656. The number of rotatable bonds is 2. The van der Waals surface area contributed by atoms with Crippen molar-refractivity contribution < 1.29 is 23.1 Å². The number of fused-ring (bicyclic) bond motifs is 4. The van der Waals surface area contributed by atoms with Crippen molar-refractivity contribution in [1.29, 1.82) is 0 Å². The Kier molecular flexibility index (Phi) is 4.15. The molecule has 2 aromatic carbocycles. The molecule has 0 bridgehead atoms. The number of hydrogen-bond donors (Lipinski definition) is 0. The molecule has 8 heteroatoms. The van der Waals surface area contributed by atoms with Crippen LogP contribution in [0.4, 0.5) is 0 Å². The Bertz CT molecular complexity index is 1460. The van der Waals surface area contributed by atoms with Crippen LogP contribution in [0.1, 0.15) is 23.5 Å². The van der Waals surface area contributed by atoms with Crippen molar-refractivity contribution in [2.45, 2.75) is 12.3 Å². The fourth-order valence-corrected chi connectivity index (χ4v) is 3.94. The molecular formula is C22H13ClO7. The maximum atomic E-state index is 13.3. The van der Waals surface area contributed by atoms with Gasteiger partial charge in [0.15, 0.2) is 5.43 Å². The van der Waals surface area contributed by atoms with Gasteiger partial charge >= 0.3 is 5.97 Å². The topological polar surface area (TPSA) is 96.0 Å². The lowest BCUT2D eigenvalue weighted by Crippen LogP contribution is -2.25. The van der Waals surface area contributed by atoms with Gasteiger partial charge in [0.25, 0.3) is 0 Å². The Morgan fingerprint density at radius 2 is 1.83 bits per heavy atom. The van der Waals surface area contributed by atoms with Crippen LogP contribution in [0.2, 0.25) is 5.02 Å². The summed E-state index contributed by atoms with van der Waals surface area (Å²) in [6, 6.07) is 7.88. The van der Waals surface area contributed by atoms with E-state index in [0.717, 1.165) is 6.26 Å². The average molecular weight is 425 g/mol. The molecule has 0 saturated carbocycles. The summed E-state index contributed by atoms with van der Waals surface area (Å²) in [4.78, 5) is 38.0. The molecule has 30 heavy (non-hydrogen) atoms. The zero-order chi connectivity index (χ0) is 21.0. The highest BCUT2D eigenvalue weighted by Gasteiger charge is 2.34. The van der Waals surface area contributed by atoms with Crippen molar-refractivity contribution >= 4 is 39.5 Å². The highest BCUT2D eigenvalue weighted by molar-refractivity contribution is 6.30. The van der Waals surface area contributed by atoms with E-state index in [2.05, 4.69) is 0 Å². The summed E-state index contributed by atoms with van der Waals surface area (Å²) in [7, 11) is 1.50. The number of ether oxygens (including phenoxy) is 2. The van der Waals surface area contributed by atoms with Crippen LogP contribution in [0.3, 0.4) is 0 Å². The van der Waals surface area contributed by atoms with Gasteiger partial charge in [0.05, 0.1) is 30.6 Å². The molecule has 0 fully saturated rings. The molecule has 0 N–H and O–H groups in total. The van der Waals surface area contributed by atoms with Gasteiger partial charge in [-0.05, 0) is 30.3 Å². The third-order valence-electron chi connectivity index (χ3n) is 5.22. The van der Waals surface area contributed by atoms with Crippen LogP contribution in [0, 0.1) is 0 Å². The molecule has 5 rings (SSSR count). The number of halogens is 1. The van der Waals surface area contributed by atoms with Gasteiger partial charge in [-0.3, -0.25) is 14.4 Å². The first kappa shape index (κ1) is 18.4. The van der Waals surface area contributed by atoms with Crippen molar-refractivity contribution in [3.05, 3.63) is 79.5 Å². The molecule has 0 amide bonds. The molecule has 4 aromatic rings.